The van der Waals surface area contributed by atoms with Crippen LogP contribution in [0.25, 0.3) is 0 Å². The van der Waals surface area contributed by atoms with Gasteiger partial charge >= 0.3 is 0 Å². The lowest BCUT2D eigenvalue weighted by atomic mass is 9.98. The molecule has 5 heteroatoms. The maximum atomic E-state index is 12.7. The molecule has 1 aliphatic heterocycles. The molecule has 2 aromatic rings. The van der Waals surface area contributed by atoms with Gasteiger partial charge in [0.1, 0.15) is 12.4 Å². The maximum absolute atomic E-state index is 12.7. The second-order valence-corrected chi connectivity index (χ2v) is 6.78. The predicted molar refractivity (Wildman–Crippen MR) is 96.1 cm³/mol. The van der Waals surface area contributed by atoms with Crippen LogP contribution in [0.3, 0.4) is 0 Å². The van der Waals surface area contributed by atoms with Gasteiger partial charge in [0.05, 0.1) is 19.2 Å². The molecule has 0 bridgehead atoms. The molecule has 1 aliphatic rings. The van der Waals surface area contributed by atoms with E-state index in [1.807, 2.05) is 17.9 Å². The molecule has 0 N–H and O–H groups in total. The van der Waals surface area contributed by atoms with Gasteiger partial charge in [0.15, 0.2) is 0 Å². The summed E-state index contributed by atoms with van der Waals surface area (Å²) in [6.07, 6.45) is 4.27. The van der Waals surface area contributed by atoms with E-state index in [4.69, 9.17) is 4.74 Å². The van der Waals surface area contributed by atoms with E-state index in [9.17, 15) is 4.79 Å². The Labute approximate surface area is 149 Å². The Hall–Kier alpha value is -2.27. The second kappa shape index (κ2) is 7.74. The average Bonchev–Trinajstić information content (AvgIpc) is 2.63. The molecule has 1 fully saturated rings. The van der Waals surface area contributed by atoms with Gasteiger partial charge in [0.2, 0.25) is 5.91 Å². The van der Waals surface area contributed by atoms with Crippen molar-refractivity contribution < 1.29 is 9.53 Å². The number of carbonyl (C=O) groups is 1. The molecule has 0 radical (unpaired) electrons. The monoisotopic (exact) mass is 339 g/mol. The van der Waals surface area contributed by atoms with Gasteiger partial charge in [-0.3, -0.25) is 4.79 Å². The smallest absolute Gasteiger partial charge is 0.223 e. The molecule has 1 aromatic heterocycles. The molecule has 1 aromatic carbocycles. The second-order valence-electron chi connectivity index (χ2n) is 6.78. The van der Waals surface area contributed by atoms with Gasteiger partial charge in [0, 0.05) is 18.3 Å². The van der Waals surface area contributed by atoms with Gasteiger partial charge < -0.3 is 9.64 Å². The third kappa shape index (κ3) is 4.23. The summed E-state index contributed by atoms with van der Waals surface area (Å²) in [5, 5.41) is 0. The van der Waals surface area contributed by atoms with Gasteiger partial charge in [-0.05, 0) is 44.4 Å². The summed E-state index contributed by atoms with van der Waals surface area (Å²) in [5.41, 5.74) is 4.50. The molecular weight excluding hydrogens is 314 g/mol. The number of carbonyl (C=O) groups excluding carboxylic acids is 1. The first kappa shape index (κ1) is 17.5. The highest BCUT2D eigenvalue weighted by Crippen LogP contribution is 2.28. The topological polar surface area (TPSA) is 55.3 Å². The van der Waals surface area contributed by atoms with E-state index in [-0.39, 0.29) is 18.1 Å². The first-order chi connectivity index (χ1) is 12.0. The molecule has 0 saturated carbocycles. The molecule has 1 amide bonds. The molecule has 0 aliphatic carbocycles. The highest BCUT2D eigenvalue weighted by atomic mass is 16.5. The van der Waals surface area contributed by atoms with Crippen molar-refractivity contribution >= 4 is 5.91 Å². The van der Waals surface area contributed by atoms with Crippen molar-refractivity contribution in [1.29, 1.82) is 0 Å². The number of hydrogen-bond acceptors (Lipinski definition) is 4. The Kier molecular flexibility index (Phi) is 5.43. The molecule has 0 spiro atoms. The van der Waals surface area contributed by atoms with E-state index in [0.717, 1.165) is 5.69 Å². The Morgan fingerprint density at radius 1 is 1.32 bits per heavy atom. The zero-order chi connectivity index (χ0) is 17.8. The third-order valence-corrected chi connectivity index (χ3v) is 4.77. The highest BCUT2D eigenvalue weighted by molar-refractivity contribution is 5.77. The van der Waals surface area contributed by atoms with E-state index >= 15 is 0 Å². The normalized spacial score (nSPS) is 20.5. The van der Waals surface area contributed by atoms with Crippen molar-refractivity contribution in [1.82, 2.24) is 14.9 Å². The van der Waals surface area contributed by atoms with Crippen LogP contribution in [0, 0.1) is 13.8 Å². The molecule has 2 atom stereocenters. The van der Waals surface area contributed by atoms with Gasteiger partial charge in [0.25, 0.3) is 0 Å². The summed E-state index contributed by atoms with van der Waals surface area (Å²) >= 11 is 0. The van der Waals surface area contributed by atoms with Crippen LogP contribution in [0.4, 0.5) is 0 Å². The molecule has 5 nitrogen and oxygen atoms in total. The van der Waals surface area contributed by atoms with E-state index in [1.54, 1.807) is 6.20 Å². The number of nitrogens with zero attached hydrogens (tertiary/aromatic N) is 3. The van der Waals surface area contributed by atoms with Crippen molar-refractivity contribution in [2.45, 2.75) is 45.8 Å². The number of morpholine rings is 1. The van der Waals surface area contributed by atoms with Crippen LogP contribution < -0.4 is 0 Å². The van der Waals surface area contributed by atoms with E-state index in [0.29, 0.717) is 26.0 Å². The minimum absolute atomic E-state index is 0.0564. The van der Waals surface area contributed by atoms with Crippen LogP contribution in [0.2, 0.25) is 0 Å². The first-order valence-electron chi connectivity index (χ1n) is 8.77. The SMILES string of the molecule is Cc1ccc(C)c([C@H]2CN(C(=O)CCc3ccncn3)[C@H](C)CO2)c1. The molecule has 25 heavy (non-hydrogen) atoms. The number of hydrogen-bond donors (Lipinski definition) is 0. The number of aromatic nitrogens is 2. The van der Waals surface area contributed by atoms with Crippen LogP contribution in [-0.4, -0.2) is 40.0 Å². The zero-order valence-electron chi connectivity index (χ0n) is 15.1. The van der Waals surface area contributed by atoms with Crippen molar-refractivity contribution in [3.63, 3.8) is 0 Å². The number of ether oxygens (including phenoxy) is 1. The van der Waals surface area contributed by atoms with E-state index < -0.39 is 0 Å². The molecule has 3 rings (SSSR count). The fourth-order valence-corrected chi connectivity index (χ4v) is 3.24. The summed E-state index contributed by atoms with van der Waals surface area (Å²) in [5.74, 6) is 0.157. The van der Waals surface area contributed by atoms with Gasteiger partial charge in [-0.2, -0.15) is 0 Å². The number of rotatable bonds is 4. The van der Waals surface area contributed by atoms with E-state index in [1.165, 1.54) is 23.0 Å². The van der Waals surface area contributed by atoms with Crippen molar-refractivity contribution in [2.24, 2.45) is 0 Å². The summed E-state index contributed by atoms with van der Waals surface area (Å²) in [7, 11) is 0. The highest BCUT2D eigenvalue weighted by Gasteiger charge is 2.30. The van der Waals surface area contributed by atoms with E-state index in [2.05, 4.69) is 42.0 Å². The lowest BCUT2D eigenvalue weighted by Crippen LogP contribution is -2.48. The molecule has 2 heterocycles. The summed E-state index contributed by atoms with van der Waals surface area (Å²) in [6, 6.07) is 8.34. The van der Waals surface area contributed by atoms with Crippen LogP contribution in [0.5, 0.6) is 0 Å². The van der Waals surface area contributed by atoms with Crippen molar-refractivity contribution in [2.75, 3.05) is 13.2 Å². The first-order valence-corrected chi connectivity index (χ1v) is 8.77. The Balaban J connectivity index is 1.68. The Bertz CT molecular complexity index is 733. The summed E-state index contributed by atoms with van der Waals surface area (Å²) in [6.45, 7) is 7.39. The Morgan fingerprint density at radius 3 is 2.92 bits per heavy atom. The molecule has 0 unspecified atom stereocenters. The molecule has 132 valence electrons. The van der Waals surface area contributed by atoms with Crippen LogP contribution in [0.1, 0.15) is 41.8 Å². The number of aryl methyl sites for hydroxylation is 3. The molecule has 1 saturated heterocycles. The lowest BCUT2D eigenvalue weighted by Gasteiger charge is -2.39. The predicted octanol–water partition coefficient (Wildman–Crippen LogP) is 3.01. The fourth-order valence-electron chi connectivity index (χ4n) is 3.24. The largest absolute Gasteiger partial charge is 0.370 e. The Morgan fingerprint density at radius 2 is 2.16 bits per heavy atom. The third-order valence-electron chi connectivity index (χ3n) is 4.77. The maximum Gasteiger partial charge on any atom is 0.223 e. The van der Waals surface area contributed by atoms with Crippen LogP contribution in [-0.2, 0) is 16.0 Å². The van der Waals surface area contributed by atoms with Gasteiger partial charge in [-0.25, -0.2) is 9.97 Å². The van der Waals surface area contributed by atoms with Crippen LogP contribution >= 0.6 is 0 Å². The van der Waals surface area contributed by atoms with Crippen molar-refractivity contribution in [3.8, 4) is 0 Å². The number of amides is 1. The van der Waals surface area contributed by atoms with Crippen molar-refractivity contribution in [3.05, 3.63) is 59.2 Å². The number of benzene rings is 1. The summed E-state index contributed by atoms with van der Waals surface area (Å²) < 4.78 is 6.04. The zero-order valence-corrected chi connectivity index (χ0v) is 15.1. The quantitative estimate of drug-likeness (QED) is 0.859. The van der Waals surface area contributed by atoms with Crippen LogP contribution in [0.15, 0.2) is 36.8 Å². The molecular formula is C20H25N3O2. The minimum atomic E-state index is -0.0564. The van der Waals surface area contributed by atoms with Gasteiger partial charge in [-0.15, -0.1) is 0 Å². The lowest BCUT2D eigenvalue weighted by molar-refractivity contribution is -0.144. The minimum Gasteiger partial charge on any atom is -0.370 e. The average molecular weight is 339 g/mol. The standard InChI is InChI=1S/C20H25N3O2/c1-14-4-5-15(2)18(10-14)19-11-23(16(3)12-25-19)20(24)7-6-17-8-9-21-13-22-17/h4-5,8-10,13,16,19H,6-7,11-12H2,1-3H3/t16-,19-/m1/s1. The summed E-state index contributed by atoms with van der Waals surface area (Å²) in [4.78, 5) is 22.8. The van der Waals surface area contributed by atoms with Gasteiger partial charge in [-0.1, -0.05) is 23.8 Å². The fraction of sp³-hybridized carbons (Fsp3) is 0.450.